The minimum Gasteiger partial charge on any atom is -0.454 e. The molecule has 1 heterocycles. The van der Waals surface area contributed by atoms with Crippen LogP contribution in [0.3, 0.4) is 0 Å². The molecule has 0 radical (unpaired) electrons. The van der Waals surface area contributed by atoms with Crippen molar-refractivity contribution < 1.29 is 22.7 Å². The zero-order valence-corrected chi connectivity index (χ0v) is 15.0. The number of rotatable bonds is 5. The van der Waals surface area contributed by atoms with Gasteiger partial charge in [0.2, 0.25) is 10.0 Å². The van der Waals surface area contributed by atoms with E-state index in [1.807, 2.05) is 13.8 Å². The molecule has 7 heteroatoms. The molecule has 132 valence electrons. The van der Waals surface area contributed by atoms with Crippen molar-refractivity contribution in [2.45, 2.75) is 32.1 Å². The highest BCUT2D eigenvalue weighted by Gasteiger charge is 2.31. The predicted molar refractivity (Wildman–Crippen MR) is 89.1 cm³/mol. The second-order valence-electron chi connectivity index (χ2n) is 6.57. The maximum Gasteiger partial charge on any atom is 0.338 e. The average Bonchev–Trinajstić information content (AvgIpc) is 2.51. The minimum absolute atomic E-state index is 0.159. The number of benzene rings is 1. The fraction of sp³-hybridized carbons (Fsp3) is 0.529. The molecule has 2 rings (SSSR count). The van der Waals surface area contributed by atoms with Gasteiger partial charge >= 0.3 is 5.97 Å². The number of hydrogen-bond donors (Lipinski definition) is 0. The van der Waals surface area contributed by atoms with Crippen LogP contribution in [0.15, 0.2) is 29.2 Å². The van der Waals surface area contributed by atoms with Gasteiger partial charge in [0, 0.05) is 13.1 Å². The topological polar surface area (TPSA) is 80.8 Å². The van der Waals surface area contributed by atoms with Gasteiger partial charge in [-0.15, -0.1) is 0 Å². The first-order valence-corrected chi connectivity index (χ1v) is 9.41. The van der Waals surface area contributed by atoms with E-state index in [1.165, 1.54) is 35.5 Å². The molecule has 1 aliphatic heterocycles. The Balaban J connectivity index is 2.14. The first-order valence-electron chi connectivity index (χ1n) is 7.97. The Labute approximate surface area is 142 Å². The smallest absolute Gasteiger partial charge is 0.338 e. The largest absolute Gasteiger partial charge is 0.454 e. The van der Waals surface area contributed by atoms with E-state index < -0.39 is 16.0 Å². The zero-order chi connectivity index (χ0) is 17.9. The first kappa shape index (κ1) is 18.6. The van der Waals surface area contributed by atoms with Crippen molar-refractivity contribution >= 4 is 21.8 Å². The van der Waals surface area contributed by atoms with E-state index >= 15 is 0 Å². The Morgan fingerprint density at radius 2 is 1.67 bits per heavy atom. The van der Waals surface area contributed by atoms with Crippen molar-refractivity contribution in [3.63, 3.8) is 0 Å². The van der Waals surface area contributed by atoms with E-state index in [9.17, 15) is 18.0 Å². The number of Topliss-reactive ketones (excluding diaryl/α,β-unsaturated/α-hetero) is 1. The Morgan fingerprint density at radius 3 is 2.17 bits per heavy atom. The second-order valence-corrected chi connectivity index (χ2v) is 8.51. The number of sulfonamides is 1. The second kappa shape index (κ2) is 7.44. The third-order valence-electron chi connectivity index (χ3n) is 3.97. The highest BCUT2D eigenvalue weighted by atomic mass is 32.2. The lowest BCUT2D eigenvalue weighted by Gasteiger charge is -2.34. The summed E-state index contributed by atoms with van der Waals surface area (Å²) in [7, 11) is -3.57. The number of esters is 1. The molecule has 1 aromatic rings. The van der Waals surface area contributed by atoms with E-state index in [0.29, 0.717) is 24.9 Å². The van der Waals surface area contributed by atoms with E-state index in [4.69, 9.17) is 4.74 Å². The summed E-state index contributed by atoms with van der Waals surface area (Å²) in [6.45, 7) is 6.15. The van der Waals surface area contributed by atoms with Crippen molar-refractivity contribution in [3.05, 3.63) is 29.8 Å². The van der Waals surface area contributed by atoms with Gasteiger partial charge in [0.1, 0.15) is 6.61 Å². The Hall–Kier alpha value is -1.73. The van der Waals surface area contributed by atoms with Crippen LogP contribution in [0, 0.1) is 11.8 Å². The summed E-state index contributed by atoms with van der Waals surface area (Å²) in [5.41, 5.74) is 0.218. The van der Waals surface area contributed by atoms with Crippen LogP contribution in [-0.2, 0) is 19.6 Å². The fourth-order valence-electron chi connectivity index (χ4n) is 2.96. The number of hydrogen-bond acceptors (Lipinski definition) is 5. The number of piperidine rings is 1. The summed E-state index contributed by atoms with van der Waals surface area (Å²) >= 11 is 0. The van der Waals surface area contributed by atoms with Crippen LogP contribution in [0.25, 0.3) is 0 Å². The molecule has 0 bridgehead atoms. The van der Waals surface area contributed by atoms with Gasteiger partial charge in [0.15, 0.2) is 5.78 Å². The lowest BCUT2D eigenvalue weighted by atomic mass is 9.94. The molecule has 24 heavy (non-hydrogen) atoms. The van der Waals surface area contributed by atoms with Gasteiger partial charge in [-0.1, -0.05) is 13.8 Å². The third-order valence-corrected chi connectivity index (χ3v) is 5.82. The summed E-state index contributed by atoms with van der Waals surface area (Å²) in [6.07, 6.45) is 1.02. The van der Waals surface area contributed by atoms with Crippen LogP contribution in [0.2, 0.25) is 0 Å². The molecular weight excluding hydrogens is 330 g/mol. The van der Waals surface area contributed by atoms with Gasteiger partial charge in [0.25, 0.3) is 0 Å². The van der Waals surface area contributed by atoms with Gasteiger partial charge < -0.3 is 4.74 Å². The molecule has 2 atom stereocenters. The van der Waals surface area contributed by atoms with Crippen LogP contribution in [0.4, 0.5) is 0 Å². The Morgan fingerprint density at radius 1 is 1.12 bits per heavy atom. The number of ketones is 1. The van der Waals surface area contributed by atoms with Crippen molar-refractivity contribution in [1.29, 1.82) is 0 Å². The summed E-state index contributed by atoms with van der Waals surface area (Å²) in [6, 6.07) is 5.63. The molecule has 0 unspecified atom stereocenters. The lowest BCUT2D eigenvalue weighted by molar-refractivity contribution is -0.120. The molecule has 1 saturated heterocycles. The highest BCUT2D eigenvalue weighted by Crippen LogP contribution is 2.26. The first-order chi connectivity index (χ1) is 11.2. The molecular formula is C17H23NO5S. The van der Waals surface area contributed by atoms with Crippen LogP contribution >= 0.6 is 0 Å². The molecule has 0 N–H and O–H groups in total. The third kappa shape index (κ3) is 4.42. The summed E-state index contributed by atoms with van der Waals surface area (Å²) in [4.78, 5) is 22.8. The standard InChI is InChI=1S/C17H23NO5S/c1-12-8-13(2)10-18(9-12)24(21,22)16-6-4-15(5-7-16)17(20)23-11-14(3)19/h4-7,12-13H,8-11H2,1-3H3/t12-,13-/m1/s1. The van der Waals surface area contributed by atoms with E-state index in [-0.39, 0.29) is 22.8 Å². The van der Waals surface area contributed by atoms with E-state index in [0.717, 1.165) is 6.42 Å². The maximum absolute atomic E-state index is 12.7. The molecule has 1 fully saturated rings. The van der Waals surface area contributed by atoms with Gasteiger partial charge in [-0.05, 0) is 49.4 Å². The van der Waals surface area contributed by atoms with Crippen LogP contribution in [-0.4, -0.2) is 44.2 Å². The Kier molecular flexibility index (Phi) is 5.77. The number of ether oxygens (including phenoxy) is 1. The molecule has 0 saturated carbocycles. The normalized spacial score (nSPS) is 22.1. The summed E-state index contributed by atoms with van der Waals surface area (Å²) in [5, 5.41) is 0. The highest BCUT2D eigenvalue weighted by molar-refractivity contribution is 7.89. The van der Waals surface area contributed by atoms with E-state index in [2.05, 4.69) is 0 Å². The minimum atomic E-state index is -3.57. The monoisotopic (exact) mass is 353 g/mol. The predicted octanol–water partition coefficient (Wildman–Crippen LogP) is 2.10. The summed E-state index contributed by atoms with van der Waals surface area (Å²) in [5.74, 6) is -0.251. The molecule has 0 aromatic heterocycles. The zero-order valence-electron chi connectivity index (χ0n) is 14.2. The molecule has 1 aliphatic rings. The SMILES string of the molecule is CC(=O)COC(=O)c1ccc(S(=O)(=O)N2C[C@H](C)C[C@@H](C)C2)cc1. The van der Waals surface area contributed by atoms with E-state index in [1.54, 1.807) is 0 Å². The molecule has 0 amide bonds. The quantitative estimate of drug-likeness (QED) is 0.757. The van der Waals surface area contributed by atoms with Gasteiger partial charge in [-0.2, -0.15) is 4.31 Å². The lowest BCUT2D eigenvalue weighted by Crippen LogP contribution is -2.42. The van der Waals surface area contributed by atoms with Crippen LogP contribution in [0.1, 0.15) is 37.6 Å². The van der Waals surface area contributed by atoms with Crippen molar-refractivity contribution in [3.8, 4) is 0 Å². The average molecular weight is 353 g/mol. The molecule has 0 spiro atoms. The Bertz CT molecular complexity index is 701. The fourth-order valence-corrected chi connectivity index (χ4v) is 4.64. The van der Waals surface area contributed by atoms with Crippen molar-refractivity contribution in [2.24, 2.45) is 11.8 Å². The summed E-state index contributed by atoms with van der Waals surface area (Å²) < 4.78 is 31.8. The van der Waals surface area contributed by atoms with Crippen molar-refractivity contribution in [2.75, 3.05) is 19.7 Å². The maximum atomic E-state index is 12.7. The van der Waals surface area contributed by atoms with Crippen molar-refractivity contribution in [1.82, 2.24) is 4.31 Å². The van der Waals surface area contributed by atoms with Crippen LogP contribution < -0.4 is 0 Å². The molecule has 6 nitrogen and oxygen atoms in total. The number of carbonyl (C=O) groups is 2. The molecule has 0 aliphatic carbocycles. The number of nitrogens with zero attached hydrogens (tertiary/aromatic N) is 1. The molecule has 1 aromatic carbocycles. The van der Waals surface area contributed by atoms with Gasteiger partial charge in [-0.25, -0.2) is 13.2 Å². The van der Waals surface area contributed by atoms with Gasteiger partial charge in [0.05, 0.1) is 10.5 Å². The van der Waals surface area contributed by atoms with Gasteiger partial charge in [-0.3, -0.25) is 4.79 Å². The number of carbonyl (C=O) groups excluding carboxylic acids is 2. The van der Waals surface area contributed by atoms with Crippen LogP contribution in [0.5, 0.6) is 0 Å².